The third kappa shape index (κ3) is 6.71. The number of aliphatic hydroxyl groups is 1. The van der Waals surface area contributed by atoms with Crippen molar-refractivity contribution in [1.29, 1.82) is 0 Å². The van der Waals surface area contributed by atoms with E-state index in [2.05, 4.69) is 14.9 Å². The molecule has 2 aliphatic heterocycles. The van der Waals surface area contributed by atoms with Crippen LogP contribution in [0.25, 0.3) is 0 Å². The van der Waals surface area contributed by atoms with Crippen LogP contribution in [0.1, 0.15) is 61.0 Å². The number of anilines is 2. The number of alkyl halides is 3. The van der Waals surface area contributed by atoms with Crippen molar-refractivity contribution in [2.45, 2.75) is 83.8 Å². The highest BCUT2D eigenvalue weighted by Crippen LogP contribution is 2.37. The van der Waals surface area contributed by atoms with Crippen molar-refractivity contribution >= 4 is 28.9 Å². The number of pyridine rings is 1. The van der Waals surface area contributed by atoms with Gasteiger partial charge in [-0.05, 0) is 53.5 Å². The lowest BCUT2D eigenvalue weighted by molar-refractivity contribution is -0.119. The summed E-state index contributed by atoms with van der Waals surface area (Å²) in [7, 11) is 0. The second-order valence-electron chi connectivity index (χ2n) is 10.6. The van der Waals surface area contributed by atoms with E-state index in [9.17, 15) is 23.1 Å². The summed E-state index contributed by atoms with van der Waals surface area (Å²) in [5.74, 6) is -0.226. The highest BCUT2D eigenvalue weighted by Gasteiger charge is 2.40. The van der Waals surface area contributed by atoms with Crippen molar-refractivity contribution < 1.29 is 32.5 Å². The van der Waals surface area contributed by atoms with Gasteiger partial charge in [0.15, 0.2) is 0 Å². The second kappa shape index (κ2) is 10.4. The van der Waals surface area contributed by atoms with Crippen LogP contribution in [0.4, 0.5) is 29.5 Å². The number of hydrogen-bond acceptors (Lipinski definition) is 8. The van der Waals surface area contributed by atoms with E-state index in [0.29, 0.717) is 28.8 Å². The number of ether oxygens (including phenoxy) is 2. The number of amides is 1. The molecule has 0 spiro atoms. The predicted molar refractivity (Wildman–Crippen MR) is 134 cm³/mol. The molecule has 4 heterocycles. The molecule has 1 N–H and O–H groups in total. The van der Waals surface area contributed by atoms with Crippen LogP contribution >= 0.6 is 11.3 Å². The molecule has 12 heteroatoms. The van der Waals surface area contributed by atoms with Gasteiger partial charge in [-0.3, -0.25) is 4.90 Å². The van der Waals surface area contributed by atoms with Gasteiger partial charge in [-0.1, -0.05) is 0 Å². The zero-order valence-corrected chi connectivity index (χ0v) is 22.4. The summed E-state index contributed by atoms with van der Waals surface area (Å²) in [6, 6.07) is 3.28. The third-order valence-corrected chi connectivity index (χ3v) is 7.46. The summed E-state index contributed by atoms with van der Waals surface area (Å²) in [4.78, 5) is 25.4. The highest BCUT2D eigenvalue weighted by atomic mass is 32.1. The quantitative estimate of drug-likeness (QED) is 0.543. The number of carbonyl (C=O) groups excluding carboxylic acids is 1. The summed E-state index contributed by atoms with van der Waals surface area (Å²) < 4.78 is 51.8. The van der Waals surface area contributed by atoms with Crippen molar-refractivity contribution in [3.63, 3.8) is 0 Å². The lowest BCUT2D eigenvalue weighted by atomic mass is 10.1. The van der Waals surface area contributed by atoms with E-state index >= 15 is 0 Å². The fraction of sp³-hybridized carbons (Fsp3) is 0.640. The van der Waals surface area contributed by atoms with Crippen LogP contribution in [0, 0.1) is 13.8 Å². The molecular weight excluding hydrogens is 509 g/mol. The molecule has 0 saturated carbocycles. The molecule has 2 bridgehead atoms. The van der Waals surface area contributed by atoms with Crippen LogP contribution in [-0.2, 0) is 15.9 Å². The van der Waals surface area contributed by atoms with Gasteiger partial charge in [-0.2, -0.15) is 13.2 Å². The molecule has 2 fully saturated rings. The summed E-state index contributed by atoms with van der Waals surface area (Å²) in [6.07, 6.45) is -5.07. The normalized spacial score (nSPS) is 20.7. The first-order chi connectivity index (χ1) is 17.2. The molecule has 0 aromatic carbocycles. The average molecular weight is 543 g/mol. The minimum atomic E-state index is -4.69. The number of aliphatic hydroxyl groups excluding tert-OH is 1. The van der Waals surface area contributed by atoms with Crippen molar-refractivity contribution in [1.82, 2.24) is 9.97 Å². The Morgan fingerprint density at radius 1 is 1.22 bits per heavy atom. The standard InChI is InChI=1S/C25H33F3N4O4S/c1-14-15(2)37-22(29-14)10-20(33)19-8-18(32-16-6-7-17(32)12-35-11-16)9-21(30-19)31(13-25(26,27)28)23(34)36-24(3,4)5/h8-9,16-17,20,33H,6-7,10-13H2,1-5H3. The van der Waals surface area contributed by atoms with E-state index in [0.717, 1.165) is 23.4 Å². The number of carbonyl (C=O) groups is 1. The largest absolute Gasteiger partial charge is 0.443 e. The Bertz CT molecular complexity index is 1100. The Morgan fingerprint density at radius 2 is 1.86 bits per heavy atom. The van der Waals surface area contributed by atoms with Gasteiger partial charge >= 0.3 is 12.3 Å². The topological polar surface area (TPSA) is 88.0 Å². The van der Waals surface area contributed by atoms with E-state index in [-0.39, 0.29) is 30.0 Å². The molecule has 3 atom stereocenters. The Morgan fingerprint density at radius 3 is 2.41 bits per heavy atom. The van der Waals surface area contributed by atoms with E-state index in [4.69, 9.17) is 9.47 Å². The number of rotatable bonds is 6. The maximum absolute atomic E-state index is 13.6. The summed E-state index contributed by atoms with van der Waals surface area (Å²) >= 11 is 1.45. The zero-order chi connectivity index (χ0) is 27.1. The number of halogens is 3. The number of hydrogen-bond donors (Lipinski definition) is 1. The van der Waals surface area contributed by atoms with Crippen molar-refractivity contribution in [3.8, 4) is 0 Å². The Hall–Kier alpha value is -2.44. The number of morpholine rings is 1. The highest BCUT2D eigenvalue weighted by molar-refractivity contribution is 7.11. The Labute approximate surface area is 218 Å². The number of aromatic nitrogens is 2. The fourth-order valence-corrected chi connectivity index (χ4v) is 5.63. The molecule has 2 saturated heterocycles. The molecule has 37 heavy (non-hydrogen) atoms. The van der Waals surface area contributed by atoms with Gasteiger partial charge in [0.05, 0.1) is 41.7 Å². The van der Waals surface area contributed by atoms with Crippen molar-refractivity contribution in [2.75, 3.05) is 29.6 Å². The van der Waals surface area contributed by atoms with E-state index in [1.54, 1.807) is 26.8 Å². The second-order valence-corrected chi connectivity index (χ2v) is 11.9. The van der Waals surface area contributed by atoms with E-state index in [1.165, 1.54) is 17.4 Å². The fourth-order valence-electron chi connectivity index (χ4n) is 4.66. The van der Waals surface area contributed by atoms with Crippen LogP contribution in [0.5, 0.6) is 0 Å². The molecule has 204 valence electrons. The Balaban J connectivity index is 1.76. The van der Waals surface area contributed by atoms with Gasteiger partial charge in [-0.25, -0.2) is 14.8 Å². The van der Waals surface area contributed by atoms with Gasteiger partial charge in [0, 0.05) is 23.1 Å². The molecular formula is C25H33F3N4O4S. The third-order valence-electron chi connectivity index (χ3n) is 6.36. The lowest BCUT2D eigenvalue weighted by Gasteiger charge is -2.37. The average Bonchev–Trinajstić information content (AvgIpc) is 3.22. The van der Waals surface area contributed by atoms with Crippen LogP contribution in [-0.4, -0.2) is 64.8 Å². The number of nitrogens with zero attached hydrogens (tertiary/aromatic N) is 4. The van der Waals surface area contributed by atoms with Gasteiger partial charge in [-0.15, -0.1) is 11.3 Å². The smallest absolute Gasteiger partial charge is 0.416 e. The van der Waals surface area contributed by atoms with E-state index < -0.39 is 30.5 Å². The van der Waals surface area contributed by atoms with Crippen LogP contribution in [0.2, 0.25) is 0 Å². The van der Waals surface area contributed by atoms with Gasteiger partial charge in [0.1, 0.15) is 24.1 Å². The summed E-state index contributed by atoms with van der Waals surface area (Å²) in [6.45, 7) is 7.99. The monoisotopic (exact) mass is 542 g/mol. The molecule has 8 nitrogen and oxygen atoms in total. The zero-order valence-electron chi connectivity index (χ0n) is 21.6. The first-order valence-electron chi connectivity index (χ1n) is 12.3. The van der Waals surface area contributed by atoms with Crippen LogP contribution in [0.15, 0.2) is 12.1 Å². The SMILES string of the molecule is Cc1nc(CC(O)c2cc(N3C4CCC3COC4)cc(N(CC(F)(F)F)C(=O)OC(C)(C)C)n2)sc1C. The molecule has 1 amide bonds. The number of fused-ring (bicyclic) bond motifs is 2. The number of aryl methyl sites for hydroxylation is 2. The summed E-state index contributed by atoms with van der Waals surface area (Å²) in [5, 5.41) is 11.8. The van der Waals surface area contributed by atoms with Gasteiger partial charge in [0.2, 0.25) is 0 Å². The molecule has 3 unspecified atom stereocenters. The lowest BCUT2D eigenvalue weighted by Crippen LogP contribution is -2.46. The van der Waals surface area contributed by atoms with Crippen molar-refractivity contribution in [3.05, 3.63) is 33.4 Å². The molecule has 2 aromatic heterocycles. The number of thiazole rings is 1. The maximum atomic E-state index is 13.6. The Kier molecular flexibility index (Phi) is 7.74. The van der Waals surface area contributed by atoms with Crippen LogP contribution < -0.4 is 9.80 Å². The molecule has 2 aromatic rings. The molecule has 0 aliphatic carbocycles. The first-order valence-corrected chi connectivity index (χ1v) is 13.1. The minimum absolute atomic E-state index is 0.0563. The molecule has 4 rings (SSSR count). The van der Waals surface area contributed by atoms with Crippen LogP contribution in [0.3, 0.4) is 0 Å². The predicted octanol–water partition coefficient (Wildman–Crippen LogP) is 5.10. The van der Waals surface area contributed by atoms with Gasteiger partial charge in [0.25, 0.3) is 0 Å². The van der Waals surface area contributed by atoms with Crippen molar-refractivity contribution in [2.24, 2.45) is 0 Å². The molecule has 0 radical (unpaired) electrons. The maximum Gasteiger partial charge on any atom is 0.416 e. The minimum Gasteiger partial charge on any atom is -0.443 e. The van der Waals surface area contributed by atoms with Gasteiger partial charge < -0.3 is 19.5 Å². The molecule has 2 aliphatic rings. The first kappa shape index (κ1) is 27.6. The van der Waals surface area contributed by atoms with E-state index in [1.807, 2.05) is 13.8 Å². The summed E-state index contributed by atoms with van der Waals surface area (Å²) in [5.41, 5.74) is 0.614.